The van der Waals surface area contributed by atoms with Crippen molar-refractivity contribution < 1.29 is 13.2 Å². The van der Waals surface area contributed by atoms with Crippen molar-refractivity contribution in [2.75, 3.05) is 13.1 Å². The molecule has 0 aliphatic carbocycles. The SMILES string of the molecule is CCNC(=NCc1ccc(C(F)(F)F)cc1)NCCc1nnc2n1CCCCC2. The number of aliphatic imine (C=N–C) groups is 1. The number of benzene rings is 1. The van der Waals surface area contributed by atoms with Gasteiger partial charge in [-0.05, 0) is 37.5 Å². The van der Waals surface area contributed by atoms with Gasteiger partial charge < -0.3 is 15.2 Å². The van der Waals surface area contributed by atoms with Crippen molar-refractivity contribution >= 4 is 5.96 Å². The Labute approximate surface area is 168 Å². The van der Waals surface area contributed by atoms with Crippen LogP contribution < -0.4 is 10.6 Å². The van der Waals surface area contributed by atoms with Gasteiger partial charge in [-0.15, -0.1) is 10.2 Å². The van der Waals surface area contributed by atoms with Crippen molar-refractivity contribution in [3.05, 3.63) is 47.0 Å². The van der Waals surface area contributed by atoms with E-state index in [1.54, 1.807) is 0 Å². The van der Waals surface area contributed by atoms with E-state index in [4.69, 9.17) is 0 Å². The lowest BCUT2D eigenvalue weighted by Gasteiger charge is -2.12. The number of guanidine groups is 1. The predicted molar refractivity (Wildman–Crippen MR) is 106 cm³/mol. The van der Waals surface area contributed by atoms with Crippen LogP contribution in [0.3, 0.4) is 0 Å². The number of aromatic nitrogens is 3. The smallest absolute Gasteiger partial charge is 0.357 e. The van der Waals surface area contributed by atoms with Crippen molar-refractivity contribution in [1.29, 1.82) is 0 Å². The summed E-state index contributed by atoms with van der Waals surface area (Å²) in [4.78, 5) is 4.47. The van der Waals surface area contributed by atoms with Crippen LogP contribution in [0, 0.1) is 0 Å². The first kappa shape index (κ1) is 21.1. The minimum atomic E-state index is -4.32. The average molecular weight is 408 g/mol. The number of nitrogens with one attached hydrogen (secondary N) is 2. The van der Waals surface area contributed by atoms with Crippen molar-refractivity contribution in [2.45, 2.75) is 58.3 Å². The molecule has 0 saturated carbocycles. The molecular formula is C20H27F3N6. The third kappa shape index (κ3) is 5.95. The highest BCUT2D eigenvalue weighted by Crippen LogP contribution is 2.29. The summed E-state index contributed by atoms with van der Waals surface area (Å²) in [5.41, 5.74) is 0.0701. The second-order valence-corrected chi connectivity index (χ2v) is 7.06. The number of rotatable bonds is 6. The van der Waals surface area contributed by atoms with Crippen LogP contribution in [0.15, 0.2) is 29.3 Å². The van der Waals surface area contributed by atoms with Gasteiger partial charge in [0.15, 0.2) is 5.96 Å². The molecule has 1 aromatic carbocycles. The van der Waals surface area contributed by atoms with Crippen molar-refractivity contribution in [1.82, 2.24) is 25.4 Å². The fraction of sp³-hybridized carbons (Fsp3) is 0.550. The topological polar surface area (TPSA) is 67.1 Å². The molecule has 2 heterocycles. The molecule has 3 rings (SSSR count). The molecule has 1 aliphatic heterocycles. The molecule has 0 amide bonds. The van der Waals surface area contributed by atoms with Gasteiger partial charge in [0, 0.05) is 32.5 Å². The molecule has 0 spiro atoms. The summed E-state index contributed by atoms with van der Waals surface area (Å²) in [5, 5.41) is 15.1. The van der Waals surface area contributed by atoms with Gasteiger partial charge in [0.2, 0.25) is 0 Å². The van der Waals surface area contributed by atoms with E-state index in [2.05, 4.69) is 30.4 Å². The maximum atomic E-state index is 12.7. The minimum Gasteiger partial charge on any atom is -0.357 e. The Balaban J connectivity index is 1.55. The Morgan fingerprint density at radius 3 is 2.62 bits per heavy atom. The number of fused-ring (bicyclic) bond motifs is 1. The molecule has 6 nitrogen and oxygen atoms in total. The quantitative estimate of drug-likeness (QED) is 0.568. The van der Waals surface area contributed by atoms with Gasteiger partial charge >= 0.3 is 6.18 Å². The monoisotopic (exact) mass is 408 g/mol. The van der Waals surface area contributed by atoms with Crippen LogP contribution in [0.2, 0.25) is 0 Å². The van der Waals surface area contributed by atoms with Crippen LogP contribution in [0.5, 0.6) is 0 Å². The summed E-state index contributed by atoms with van der Waals surface area (Å²) < 4.78 is 40.2. The van der Waals surface area contributed by atoms with Crippen LogP contribution in [-0.2, 0) is 32.1 Å². The maximum absolute atomic E-state index is 12.7. The first-order valence-electron chi connectivity index (χ1n) is 10.1. The number of halogens is 3. The van der Waals surface area contributed by atoms with Gasteiger partial charge in [-0.3, -0.25) is 0 Å². The largest absolute Gasteiger partial charge is 0.416 e. The first-order chi connectivity index (χ1) is 14.0. The Bertz CT molecular complexity index is 811. The second kappa shape index (κ2) is 9.76. The standard InChI is InChI=1S/C20H27F3N6/c1-2-24-19(26-14-15-7-9-16(10-8-15)20(21,22)23)25-12-11-18-28-27-17-6-4-3-5-13-29(17)18/h7-10H,2-6,11-14H2,1H3,(H2,24,25,26). The molecule has 0 atom stereocenters. The van der Waals surface area contributed by atoms with Crippen LogP contribution >= 0.6 is 0 Å². The maximum Gasteiger partial charge on any atom is 0.416 e. The predicted octanol–water partition coefficient (Wildman–Crippen LogP) is 3.32. The molecule has 0 saturated heterocycles. The summed E-state index contributed by atoms with van der Waals surface area (Å²) in [5.74, 6) is 2.68. The Morgan fingerprint density at radius 2 is 1.90 bits per heavy atom. The van der Waals surface area contributed by atoms with E-state index < -0.39 is 11.7 Å². The van der Waals surface area contributed by atoms with Gasteiger partial charge in [-0.1, -0.05) is 18.6 Å². The van der Waals surface area contributed by atoms with Gasteiger partial charge in [-0.2, -0.15) is 13.2 Å². The van der Waals surface area contributed by atoms with E-state index in [1.165, 1.54) is 18.6 Å². The number of hydrogen-bond acceptors (Lipinski definition) is 3. The normalized spacial score (nSPS) is 15.0. The average Bonchev–Trinajstić information content (AvgIpc) is 2.92. The van der Waals surface area contributed by atoms with Crippen molar-refractivity contribution in [2.24, 2.45) is 4.99 Å². The van der Waals surface area contributed by atoms with Gasteiger partial charge in [0.25, 0.3) is 0 Å². The lowest BCUT2D eigenvalue weighted by Crippen LogP contribution is -2.38. The van der Waals surface area contributed by atoms with Crippen LogP contribution in [-0.4, -0.2) is 33.8 Å². The molecule has 0 unspecified atom stereocenters. The molecule has 29 heavy (non-hydrogen) atoms. The third-order valence-corrected chi connectivity index (χ3v) is 4.87. The lowest BCUT2D eigenvalue weighted by molar-refractivity contribution is -0.137. The van der Waals surface area contributed by atoms with Gasteiger partial charge in [0.1, 0.15) is 11.6 Å². The van der Waals surface area contributed by atoms with E-state index in [9.17, 15) is 13.2 Å². The molecule has 9 heteroatoms. The summed E-state index contributed by atoms with van der Waals surface area (Å²) in [6, 6.07) is 5.09. The third-order valence-electron chi connectivity index (χ3n) is 4.87. The molecule has 2 aromatic rings. The van der Waals surface area contributed by atoms with E-state index in [0.717, 1.165) is 61.6 Å². The summed E-state index contributed by atoms with van der Waals surface area (Å²) in [6.07, 6.45) is 0.940. The Kier molecular flexibility index (Phi) is 7.11. The highest BCUT2D eigenvalue weighted by molar-refractivity contribution is 5.79. The van der Waals surface area contributed by atoms with E-state index in [0.29, 0.717) is 25.6 Å². The van der Waals surface area contributed by atoms with Crippen molar-refractivity contribution in [3.63, 3.8) is 0 Å². The summed E-state index contributed by atoms with van der Waals surface area (Å²) >= 11 is 0. The van der Waals surface area contributed by atoms with Crippen LogP contribution in [0.1, 0.15) is 49.0 Å². The Hall–Kier alpha value is -2.58. The van der Waals surface area contributed by atoms with Gasteiger partial charge in [0.05, 0.1) is 12.1 Å². The van der Waals surface area contributed by atoms with E-state index >= 15 is 0 Å². The highest BCUT2D eigenvalue weighted by Gasteiger charge is 2.29. The molecule has 2 N–H and O–H groups in total. The summed E-state index contributed by atoms with van der Waals surface area (Å²) in [7, 11) is 0. The molecule has 0 fully saturated rings. The molecule has 1 aliphatic rings. The molecular weight excluding hydrogens is 381 g/mol. The zero-order valence-corrected chi connectivity index (χ0v) is 16.6. The first-order valence-corrected chi connectivity index (χ1v) is 10.1. The summed E-state index contributed by atoms with van der Waals surface area (Å²) in [6.45, 7) is 4.58. The minimum absolute atomic E-state index is 0.299. The van der Waals surface area contributed by atoms with Crippen molar-refractivity contribution in [3.8, 4) is 0 Å². The fourth-order valence-corrected chi connectivity index (χ4v) is 3.33. The Morgan fingerprint density at radius 1 is 1.10 bits per heavy atom. The molecule has 0 bridgehead atoms. The molecule has 158 valence electrons. The number of hydrogen-bond donors (Lipinski definition) is 2. The van der Waals surface area contributed by atoms with Crippen LogP contribution in [0.4, 0.5) is 13.2 Å². The second-order valence-electron chi connectivity index (χ2n) is 7.06. The zero-order chi connectivity index (χ0) is 20.7. The number of alkyl halides is 3. The zero-order valence-electron chi connectivity index (χ0n) is 16.6. The number of aryl methyl sites for hydroxylation is 1. The molecule has 1 aromatic heterocycles. The van der Waals surface area contributed by atoms with E-state index in [-0.39, 0.29) is 0 Å². The van der Waals surface area contributed by atoms with Gasteiger partial charge in [-0.25, -0.2) is 4.99 Å². The number of nitrogens with zero attached hydrogens (tertiary/aromatic N) is 4. The highest BCUT2D eigenvalue weighted by atomic mass is 19.4. The fourth-order valence-electron chi connectivity index (χ4n) is 3.33. The van der Waals surface area contributed by atoms with E-state index in [1.807, 2.05) is 6.92 Å². The lowest BCUT2D eigenvalue weighted by atomic mass is 10.1. The van der Waals surface area contributed by atoms with Crippen LogP contribution in [0.25, 0.3) is 0 Å². The molecule has 0 radical (unpaired) electrons.